The molecular formula is C43H72N4O7. The van der Waals surface area contributed by atoms with Crippen molar-refractivity contribution in [2.24, 2.45) is 17.8 Å². The summed E-state index contributed by atoms with van der Waals surface area (Å²) in [6.07, 6.45) is 8.88. The zero-order valence-electron chi connectivity index (χ0n) is 34.1. The number of hydrogen-bond acceptors (Lipinski definition) is 8. The molecule has 2 heterocycles. The van der Waals surface area contributed by atoms with Crippen molar-refractivity contribution in [2.75, 3.05) is 60.2 Å². The molecule has 2 N–H and O–H groups in total. The van der Waals surface area contributed by atoms with Crippen molar-refractivity contribution in [3.63, 3.8) is 0 Å². The summed E-state index contributed by atoms with van der Waals surface area (Å²) < 4.78 is 17.5. The number of likely N-dealkylation sites (tertiary alicyclic amines) is 1. The first-order chi connectivity index (χ1) is 26.1. The Morgan fingerprint density at radius 3 is 2.24 bits per heavy atom. The molecule has 1 aliphatic carbocycles. The van der Waals surface area contributed by atoms with Crippen LogP contribution in [0.4, 0.5) is 0 Å². The molecule has 3 fully saturated rings. The number of carbonyl (C=O) groups is 3. The third-order valence-electron chi connectivity index (χ3n) is 11.9. The van der Waals surface area contributed by atoms with Crippen molar-refractivity contribution in [1.29, 1.82) is 0 Å². The van der Waals surface area contributed by atoms with E-state index < -0.39 is 24.4 Å². The van der Waals surface area contributed by atoms with Crippen molar-refractivity contribution >= 4 is 17.7 Å². The minimum absolute atomic E-state index is 0.0368. The van der Waals surface area contributed by atoms with Crippen LogP contribution in [0.1, 0.15) is 110 Å². The molecule has 11 heteroatoms. The number of hydrogen-bond donors (Lipinski definition) is 2. The van der Waals surface area contributed by atoms with Crippen molar-refractivity contribution in [2.45, 2.75) is 141 Å². The highest BCUT2D eigenvalue weighted by Gasteiger charge is 2.37. The van der Waals surface area contributed by atoms with Crippen molar-refractivity contribution in [1.82, 2.24) is 20.0 Å². The minimum Gasteiger partial charge on any atom is -0.391 e. The van der Waals surface area contributed by atoms with Crippen molar-refractivity contribution in [3.8, 4) is 0 Å². The molecule has 4 rings (SSSR count). The molecule has 5 atom stereocenters. The lowest BCUT2D eigenvalue weighted by Crippen LogP contribution is -2.53. The lowest BCUT2D eigenvalue weighted by Gasteiger charge is -2.36. The van der Waals surface area contributed by atoms with Crippen molar-refractivity contribution in [3.05, 3.63) is 35.9 Å². The number of likely N-dealkylation sites (N-methyl/N-ethyl adjacent to an activating group) is 1. The number of methoxy groups -OCH3 is 1. The Morgan fingerprint density at radius 1 is 0.870 bits per heavy atom. The molecule has 2 aliphatic heterocycles. The summed E-state index contributed by atoms with van der Waals surface area (Å²) in [4.78, 5) is 48.7. The quantitative estimate of drug-likeness (QED) is 0.169. The normalized spacial score (nSPS) is 20.9. The highest BCUT2D eigenvalue weighted by atomic mass is 16.7. The standard InChI is InChI=1S/C43H72N4O7/c1-6-7-19-39(54-40(29-34-17-12-9-13-18-34)43(51)47-24-20-35(21-25-47)53-31-52-5)41(49)44-37(28-33-15-10-8-11-16-33)38(48)30-36(32(2)3)42(50)46-23-14-22-45(4)26-27-46/h9,12-13,17-18,32-33,35-40,48H,6-8,10-11,14-16,19-31H2,1-5H3,(H,44,49)/t36-,37-,38-,39-,40-/m0/s1. The molecule has 0 bridgehead atoms. The molecule has 0 spiro atoms. The van der Waals surface area contributed by atoms with Crippen LogP contribution in [0.25, 0.3) is 0 Å². The lowest BCUT2D eigenvalue weighted by atomic mass is 9.81. The number of benzene rings is 1. The Bertz CT molecular complexity index is 1240. The number of amides is 3. The van der Waals surface area contributed by atoms with Crippen LogP contribution in [-0.2, 0) is 35.0 Å². The fourth-order valence-corrected chi connectivity index (χ4v) is 8.44. The summed E-state index contributed by atoms with van der Waals surface area (Å²) in [6, 6.07) is 9.31. The topological polar surface area (TPSA) is 121 Å². The van der Waals surface area contributed by atoms with Crippen LogP contribution >= 0.6 is 0 Å². The van der Waals surface area contributed by atoms with Crippen molar-refractivity contribution < 1.29 is 33.7 Å². The van der Waals surface area contributed by atoms with Gasteiger partial charge in [-0.1, -0.05) is 96.0 Å². The largest absolute Gasteiger partial charge is 0.391 e. The Balaban J connectivity index is 1.52. The number of aliphatic hydroxyl groups excluding tert-OH is 1. The molecule has 3 aliphatic rings. The monoisotopic (exact) mass is 757 g/mol. The molecular weight excluding hydrogens is 684 g/mol. The number of carbonyl (C=O) groups excluding carboxylic acids is 3. The van der Waals surface area contributed by atoms with E-state index in [-0.39, 0.29) is 42.5 Å². The molecule has 1 aromatic rings. The molecule has 11 nitrogen and oxygen atoms in total. The molecule has 0 radical (unpaired) electrons. The fourth-order valence-electron chi connectivity index (χ4n) is 8.44. The fraction of sp³-hybridized carbons (Fsp3) is 0.791. The van der Waals surface area contributed by atoms with Crippen LogP contribution in [0.5, 0.6) is 0 Å². The van der Waals surface area contributed by atoms with E-state index in [0.29, 0.717) is 64.1 Å². The maximum Gasteiger partial charge on any atom is 0.252 e. The highest BCUT2D eigenvalue weighted by molar-refractivity contribution is 5.84. The number of nitrogens with one attached hydrogen (secondary N) is 1. The smallest absolute Gasteiger partial charge is 0.252 e. The van der Waals surface area contributed by atoms with Gasteiger partial charge in [0.15, 0.2) is 0 Å². The molecule has 1 saturated carbocycles. The van der Waals surface area contributed by atoms with Gasteiger partial charge >= 0.3 is 0 Å². The van der Waals surface area contributed by atoms with Gasteiger partial charge < -0.3 is 39.3 Å². The average molecular weight is 757 g/mol. The Labute approximate surface area is 325 Å². The third kappa shape index (κ3) is 14.2. The minimum atomic E-state index is -0.892. The number of ether oxygens (including phenoxy) is 3. The zero-order chi connectivity index (χ0) is 38.9. The van der Waals surface area contributed by atoms with Crippen LogP contribution in [0.15, 0.2) is 30.3 Å². The molecule has 306 valence electrons. The number of unbranched alkanes of at least 4 members (excludes halogenated alkanes) is 1. The van der Waals surface area contributed by atoms with Gasteiger partial charge in [0.2, 0.25) is 11.8 Å². The third-order valence-corrected chi connectivity index (χ3v) is 11.9. The molecule has 0 unspecified atom stereocenters. The van der Waals surface area contributed by atoms with Crippen LogP contribution in [-0.4, -0.2) is 128 Å². The van der Waals surface area contributed by atoms with Crippen LogP contribution in [0.2, 0.25) is 0 Å². The first-order valence-electron chi connectivity index (χ1n) is 21.1. The second-order valence-electron chi connectivity index (χ2n) is 16.5. The molecule has 3 amide bonds. The van der Waals surface area contributed by atoms with E-state index >= 15 is 0 Å². The van der Waals surface area contributed by atoms with E-state index in [9.17, 15) is 19.5 Å². The zero-order valence-corrected chi connectivity index (χ0v) is 34.1. The van der Waals surface area contributed by atoms with Gasteiger partial charge in [-0.3, -0.25) is 14.4 Å². The lowest BCUT2D eigenvalue weighted by molar-refractivity contribution is -0.157. The Morgan fingerprint density at radius 2 is 1.57 bits per heavy atom. The predicted molar refractivity (Wildman–Crippen MR) is 212 cm³/mol. The summed E-state index contributed by atoms with van der Waals surface area (Å²) in [7, 11) is 3.70. The van der Waals surface area contributed by atoms with E-state index in [1.54, 1.807) is 7.11 Å². The molecule has 54 heavy (non-hydrogen) atoms. The number of aliphatic hydroxyl groups is 1. The van der Waals surface area contributed by atoms with Gasteiger partial charge in [-0.05, 0) is 69.5 Å². The van der Waals surface area contributed by atoms with E-state index in [2.05, 4.69) is 38.0 Å². The maximum absolute atomic E-state index is 14.4. The molecule has 2 saturated heterocycles. The molecule has 0 aromatic heterocycles. The van der Waals surface area contributed by atoms with Gasteiger partial charge in [-0.25, -0.2) is 0 Å². The van der Waals surface area contributed by atoms with E-state index in [0.717, 1.165) is 70.1 Å². The predicted octanol–water partition coefficient (Wildman–Crippen LogP) is 5.43. The number of nitrogens with zero attached hydrogens (tertiary/aromatic N) is 3. The summed E-state index contributed by atoms with van der Waals surface area (Å²) >= 11 is 0. The van der Waals surface area contributed by atoms with Gasteiger partial charge in [-0.15, -0.1) is 0 Å². The second kappa shape index (κ2) is 23.5. The van der Waals surface area contributed by atoms with Gasteiger partial charge in [0.05, 0.1) is 18.2 Å². The van der Waals surface area contributed by atoms with Gasteiger partial charge in [-0.2, -0.15) is 0 Å². The van der Waals surface area contributed by atoms with E-state index in [1.807, 2.05) is 40.1 Å². The summed E-state index contributed by atoms with van der Waals surface area (Å²) in [5, 5.41) is 15.3. The van der Waals surface area contributed by atoms with Gasteiger partial charge in [0.25, 0.3) is 5.91 Å². The summed E-state index contributed by atoms with van der Waals surface area (Å²) in [6.45, 7) is 10.7. The highest BCUT2D eigenvalue weighted by Crippen LogP contribution is 2.31. The first kappa shape index (κ1) is 44.1. The summed E-state index contributed by atoms with van der Waals surface area (Å²) in [5.41, 5.74) is 0.967. The van der Waals surface area contributed by atoms with Crippen LogP contribution in [0.3, 0.4) is 0 Å². The average Bonchev–Trinajstić information content (AvgIpc) is 3.41. The summed E-state index contributed by atoms with van der Waals surface area (Å²) in [5.74, 6) is -0.215. The van der Waals surface area contributed by atoms with Crippen LogP contribution < -0.4 is 5.32 Å². The van der Waals surface area contributed by atoms with Crippen LogP contribution in [0, 0.1) is 17.8 Å². The van der Waals surface area contributed by atoms with E-state index in [4.69, 9.17) is 14.2 Å². The Kier molecular flexibility index (Phi) is 19.2. The number of rotatable bonds is 20. The number of piperidine rings is 1. The SMILES string of the molecule is CCCC[C@H](O[C@@H](Cc1ccccc1)C(=O)N1CCC(OCOC)CC1)C(=O)N[C@@H](CC1CCCCC1)[C@@H](O)C[C@H](C(=O)N1CCCN(C)CC1)C(C)C. The Hall–Kier alpha value is -2.57. The molecule has 1 aromatic carbocycles. The van der Waals surface area contributed by atoms with Gasteiger partial charge in [0, 0.05) is 52.2 Å². The van der Waals surface area contributed by atoms with Gasteiger partial charge in [0.1, 0.15) is 19.0 Å². The second-order valence-corrected chi connectivity index (χ2v) is 16.5. The maximum atomic E-state index is 14.4. The first-order valence-corrected chi connectivity index (χ1v) is 21.1. The van der Waals surface area contributed by atoms with E-state index in [1.165, 1.54) is 6.42 Å².